The van der Waals surface area contributed by atoms with E-state index in [0.29, 0.717) is 40.3 Å². The summed E-state index contributed by atoms with van der Waals surface area (Å²) in [6.45, 7) is 3.08. The molecule has 4 rings (SSSR count). The van der Waals surface area contributed by atoms with E-state index in [1.54, 1.807) is 60.2 Å². The third kappa shape index (κ3) is 6.55. The number of hydrogen-bond acceptors (Lipinski definition) is 5. The quantitative estimate of drug-likeness (QED) is 0.290. The zero-order chi connectivity index (χ0) is 28.1. The predicted molar refractivity (Wildman–Crippen MR) is 157 cm³/mol. The van der Waals surface area contributed by atoms with Crippen molar-refractivity contribution < 1.29 is 19.1 Å². The second kappa shape index (κ2) is 12.3. The number of methoxy groups -OCH3 is 1. The third-order valence-electron chi connectivity index (χ3n) is 6.46. The zero-order valence-electron chi connectivity index (χ0n) is 22.4. The van der Waals surface area contributed by atoms with Crippen molar-refractivity contribution in [2.24, 2.45) is 0 Å². The van der Waals surface area contributed by atoms with Gasteiger partial charge in [-0.2, -0.15) is 0 Å². The van der Waals surface area contributed by atoms with Crippen molar-refractivity contribution in [3.05, 3.63) is 93.6 Å². The molecule has 0 aliphatic rings. The Kier molecular flexibility index (Phi) is 8.83. The maximum atomic E-state index is 13.6. The molecule has 0 aliphatic heterocycles. The lowest BCUT2D eigenvalue weighted by molar-refractivity contribution is -0.120. The summed E-state index contributed by atoms with van der Waals surface area (Å²) in [6, 6.07) is 19.4. The topological polar surface area (TPSA) is 92.7 Å². The smallest absolute Gasteiger partial charge is 0.262 e. The molecule has 202 valence electrons. The summed E-state index contributed by atoms with van der Waals surface area (Å²) < 4.78 is 7.68. The van der Waals surface area contributed by atoms with Gasteiger partial charge < -0.3 is 20.3 Å². The van der Waals surface area contributed by atoms with E-state index in [1.807, 2.05) is 44.1 Å². The van der Waals surface area contributed by atoms with Crippen molar-refractivity contribution >= 4 is 50.2 Å². The van der Waals surface area contributed by atoms with Gasteiger partial charge in [-0.25, -0.2) is 0 Å². The van der Waals surface area contributed by atoms with Crippen molar-refractivity contribution in [1.82, 2.24) is 14.8 Å². The minimum absolute atomic E-state index is 0.103. The fraction of sp³-hybridized carbons (Fsp3) is 0.233. The first-order valence-electron chi connectivity index (χ1n) is 12.5. The molecule has 0 radical (unpaired) electrons. The Bertz CT molecular complexity index is 1510. The fourth-order valence-corrected chi connectivity index (χ4v) is 4.62. The molecule has 2 amide bonds. The van der Waals surface area contributed by atoms with Crippen molar-refractivity contribution in [3.63, 3.8) is 0 Å². The van der Waals surface area contributed by atoms with Crippen molar-refractivity contribution in [1.29, 1.82) is 0 Å². The van der Waals surface area contributed by atoms with Crippen LogP contribution in [0.25, 0.3) is 10.9 Å². The minimum atomic E-state index is -0.276. The number of benzene rings is 3. The Labute approximate surface area is 236 Å². The first-order chi connectivity index (χ1) is 18.7. The van der Waals surface area contributed by atoms with Crippen LogP contribution in [0.2, 0.25) is 0 Å². The lowest BCUT2D eigenvalue weighted by Crippen LogP contribution is -2.32. The standard InChI is InChI=1S/C30H31BrN4O4/c1-19-25(18-28(36)32-15-16-34(2)3)26-17-23(33-29(37)20-7-12-24(39-4)13-8-20)11-14-27(26)35(19)30(38)21-5-9-22(31)10-6-21/h5-14,17H,15-16,18H2,1-4H3,(H,32,36)(H,33,37). The van der Waals surface area contributed by atoms with Gasteiger partial charge in [0.15, 0.2) is 0 Å². The van der Waals surface area contributed by atoms with Crippen LogP contribution < -0.4 is 15.4 Å². The summed E-state index contributed by atoms with van der Waals surface area (Å²) in [5.74, 6) is 0.0536. The van der Waals surface area contributed by atoms with Gasteiger partial charge in [0.2, 0.25) is 5.91 Å². The van der Waals surface area contributed by atoms with Crippen LogP contribution in [0.1, 0.15) is 32.0 Å². The van der Waals surface area contributed by atoms with E-state index in [0.717, 1.165) is 22.0 Å². The van der Waals surface area contributed by atoms with E-state index >= 15 is 0 Å². The summed E-state index contributed by atoms with van der Waals surface area (Å²) >= 11 is 3.41. The van der Waals surface area contributed by atoms with E-state index in [-0.39, 0.29) is 24.1 Å². The summed E-state index contributed by atoms with van der Waals surface area (Å²) in [5, 5.41) is 6.60. The number of anilines is 1. The zero-order valence-corrected chi connectivity index (χ0v) is 24.0. The van der Waals surface area contributed by atoms with E-state index in [4.69, 9.17) is 4.74 Å². The van der Waals surface area contributed by atoms with Crippen LogP contribution in [0, 0.1) is 6.92 Å². The average Bonchev–Trinajstić information content (AvgIpc) is 3.18. The molecule has 0 atom stereocenters. The highest BCUT2D eigenvalue weighted by atomic mass is 79.9. The van der Waals surface area contributed by atoms with Crippen LogP contribution in [0.15, 0.2) is 71.2 Å². The monoisotopic (exact) mass is 590 g/mol. The van der Waals surface area contributed by atoms with E-state index in [2.05, 4.69) is 26.6 Å². The van der Waals surface area contributed by atoms with Crippen molar-refractivity contribution in [2.45, 2.75) is 13.3 Å². The minimum Gasteiger partial charge on any atom is -0.497 e. The molecule has 39 heavy (non-hydrogen) atoms. The average molecular weight is 592 g/mol. The largest absolute Gasteiger partial charge is 0.497 e. The Morgan fingerprint density at radius 3 is 2.26 bits per heavy atom. The number of fused-ring (bicyclic) bond motifs is 1. The lowest BCUT2D eigenvalue weighted by atomic mass is 10.1. The predicted octanol–water partition coefficient (Wildman–Crippen LogP) is 4.88. The Balaban J connectivity index is 1.70. The normalized spacial score (nSPS) is 11.0. The summed E-state index contributed by atoms with van der Waals surface area (Å²) in [7, 11) is 5.46. The van der Waals surface area contributed by atoms with Crippen LogP contribution in [0.4, 0.5) is 5.69 Å². The maximum absolute atomic E-state index is 13.6. The van der Waals surface area contributed by atoms with E-state index in [1.165, 1.54) is 0 Å². The van der Waals surface area contributed by atoms with Crippen LogP contribution in [-0.2, 0) is 11.2 Å². The Morgan fingerprint density at radius 1 is 0.949 bits per heavy atom. The number of aromatic nitrogens is 1. The van der Waals surface area contributed by atoms with Crippen LogP contribution in [0.5, 0.6) is 5.75 Å². The highest BCUT2D eigenvalue weighted by Crippen LogP contribution is 2.30. The van der Waals surface area contributed by atoms with Crippen LogP contribution >= 0.6 is 15.9 Å². The van der Waals surface area contributed by atoms with E-state index in [9.17, 15) is 14.4 Å². The number of nitrogens with one attached hydrogen (secondary N) is 2. The first kappa shape index (κ1) is 28.1. The fourth-order valence-electron chi connectivity index (χ4n) is 4.36. The summed E-state index contributed by atoms with van der Waals surface area (Å²) in [4.78, 5) is 41.4. The number of amides is 2. The molecule has 0 spiro atoms. The Hall–Kier alpha value is -3.95. The molecule has 9 heteroatoms. The molecule has 0 saturated heterocycles. The van der Waals surface area contributed by atoms with Crippen molar-refractivity contribution in [2.75, 3.05) is 39.6 Å². The highest BCUT2D eigenvalue weighted by Gasteiger charge is 2.22. The molecule has 2 N–H and O–H groups in total. The van der Waals surface area contributed by atoms with Gasteiger partial charge >= 0.3 is 0 Å². The van der Waals surface area contributed by atoms with Gasteiger partial charge in [-0.3, -0.25) is 19.0 Å². The van der Waals surface area contributed by atoms with Crippen LogP contribution in [-0.4, -0.2) is 61.5 Å². The second-order valence-corrected chi connectivity index (χ2v) is 10.4. The highest BCUT2D eigenvalue weighted by molar-refractivity contribution is 9.10. The molecule has 0 aliphatic carbocycles. The number of carbonyl (C=O) groups is 3. The molecule has 0 bridgehead atoms. The number of rotatable bonds is 9. The summed E-state index contributed by atoms with van der Waals surface area (Å²) in [5.41, 5.74) is 3.65. The molecule has 0 saturated carbocycles. The molecule has 1 heterocycles. The number of carbonyl (C=O) groups excluding carboxylic acids is 3. The van der Waals surface area contributed by atoms with Gasteiger partial charge in [-0.15, -0.1) is 0 Å². The molecular weight excluding hydrogens is 560 g/mol. The second-order valence-electron chi connectivity index (χ2n) is 9.46. The number of ether oxygens (including phenoxy) is 1. The third-order valence-corrected chi connectivity index (χ3v) is 6.99. The van der Waals surface area contributed by atoms with Gasteiger partial charge in [0.05, 0.1) is 19.0 Å². The van der Waals surface area contributed by atoms with Gasteiger partial charge in [0.1, 0.15) is 5.75 Å². The Morgan fingerprint density at radius 2 is 1.62 bits per heavy atom. The van der Waals surface area contributed by atoms with Crippen molar-refractivity contribution in [3.8, 4) is 5.75 Å². The number of nitrogens with zero attached hydrogens (tertiary/aromatic N) is 2. The molecule has 0 unspecified atom stereocenters. The molecular formula is C30H31BrN4O4. The number of halogens is 1. The SMILES string of the molecule is COc1ccc(C(=O)Nc2ccc3c(c2)c(CC(=O)NCCN(C)C)c(C)n3C(=O)c2ccc(Br)cc2)cc1. The van der Waals surface area contributed by atoms with E-state index < -0.39 is 0 Å². The molecule has 3 aromatic carbocycles. The van der Waals surface area contributed by atoms with Crippen LogP contribution in [0.3, 0.4) is 0 Å². The lowest BCUT2D eigenvalue weighted by Gasteiger charge is -2.11. The molecule has 0 fully saturated rings. The molecule has 1 aromatic heterocycles. The van der Waals surface area contributed by atoms with Gasteiger partial charge in [-0.1, -0.05) is 15.9 Å². The van der Waals surface area contributed by atoms with Gasteiger partial charge in [0, 0.05) is 45.5 Å². The summed E-state index contributed by atoms with van der Waals surface area (Å²) in [6.07, 6.45) is 0.103. The number of hydrogen-bond donors (Lipinski definition) is 2. The maximum Gasteiger partial charge on any atom is 0.262 e. The molecule has 8 nitrogen and oxygen atoms in total. The van der Waals surface area contributed by atoms with Gasteiger partial charge in [-0.05, 0) is 93.3 Å². The van der Waals surface area contributed by atoms with Gasteiger partial charge in [0.25, 0.3) is 11.8 Å². The first-order valence-corrected chi connectivity index (χ1v) is 13.3. The molecule has 4 aromatic rings. The number of likely N-dealkylation sites (N-methyl/N-ethyl adjacent to an activating group) is 1.